The Balaban J connectivity index is 1.39. The molecule has 144 valence electrons. The molecule has 1 fully saturated rings. The first-order valence-electron chi connectivity index (χ1n) is 9.28. The van der Waals surface area contributed by atoms with E-state index in [1.807, 2.05) is 36.4 Å². The van der Waals surface area contributed by atoms with Crippen molar-refractivity contribution in [3.05, 3.63) is 71.3 Å². The predicted octanol–water partition coefficient (Wildman–Crippen LogP) is 4.14. The Morgan fingerprint density at radius 3 is 2.59 bits per heavy atom. The Morgan fingerprint density at radius 1 is 1.07 bits per heavy atom. The van der Waals surface area contributed by atoms with Gasteiger partial charge in [0.25, 0.3) is 5.91 Å². The van der Waals surface area contributed by atoms with Crippen molar-refractivity contribution in [2.24, 2.45) is 0 Å². The van der Waals surface area contributed by atoms with Crippen LogP contribution in [0, 0.1) is 0 Å². The van der Waals surface area contributed by atoms with Gasteiger partial charge in [0, 0.05) is 16.6 Å². The minimum atomic E-state index is -0.183. The minimum absolute atomic E-state index is 0.154. The molecule has 2 heterocycles. The molecule has 29 heavy (non-hydrogen) atoms. The number of nitrogens with zero attached hydrogens (tertiary/aromatic N) is 5. The van der Waals surface area contributed by atoms with E-state index in [4.69, 9.17) is 16.0 Å². The number of carbonyl (C=O) groups is 1. The molecule has 1 aliphatic rings. The fourth-order valence-corrected chi connectivity index (χ4v) is 3.26. The molecule has 4 aromatic rings. The molecule has 0 saturated heterocycles. The largest absolute Gasteiger partial charge is 0.419 e. The van der Waals surface area contributed by atoms with E-state index in [1.165, 1.54) is 6.20 Å². The molecular weight excluding hydrogens is 390 g/mol. The maximum atomic E-state index is 13.1. The van der Waals surface area contributed by atoms with Crippen molar-refractivity contribution in [3.63, 3.8) is 0 Å². The van der Waals surface area contributed by atoms with Crippen LogP contribution in [-0.4, -0.2) is 37.0 Å². The lowest BCUT2D eigenvalue weighted by molar-refractivity contribution is 0.0708. The van der Waals surface area contributed by atoms with E-state index in [0.29, 0.717) is 28.0 Å². The lowest BCUT2D eigenvalue weighted by Gasteiger charge is -2.20. The molecule has 7 nitrogen and oxygen atoms in total. The molecule has 5 rings (SSSR count). The van der Waals surface area contributed by atoms with E-state index in [9.17, 15) is 4.79 Å². The third-order valence-electron chi connectivity index (χ3n) is 4.78. The van der Waals surface area contributed by atoms with E-state index in [0.717, 1.165) is 23.9 Å². The summed E-state index contributed by atoms with van der Waals surface area (Å²) in [5.74, 6) is 0.589. The zero-order valence-corrected chi connectivity index (χ0v) is 16.1. The Morgan fingerprint density at radius 2 is 1.83 bits per heavy atom. The SMILES string of the molecule is O=C(c1cnc2ccccc2n1)N(Cc1nnc(-c2ccc(Cl)cc2)o1)C1CC1. The predicted molar refractivity (Wildman–Crippen MR) is 107 cm³/mol. The first-order valence-corrected chi connectivity index (χ1v) is 9.66. The van der Waals surface area contributed by atoms with Crippen molar-refractivity contribution in [1.82, 2.24) is 25.1 Å². The van der Waals surface area contributed by atoms with Gasteiger partial charge >= 0.3 is 0 Å². The van der Waals surface area contributed by atoms with Gasteiger partial charge in [-0.05, 0) is 49.2 Å². The van der Waals surface area contributed by atoms with Gasteiger partial charge in [-0.2, -0.15) is 0 Å². The number of para-hydroxylation sites is 2. The van der Waals surface area contributed by atoms with Crippen molar-refractivity contribution in [3.8, 4) is 11.5 Å². The zero-order chi connectivity index (χ0) is 19.8. The van der Waals surface area contributed by atoms with E-state index in [1.54, 1.807) is 17.0 Å². The molecule has 8 heteroatoms. The molecule has 1 aliphatic carbocycles. The first-order chi connectivity index (χ1) is 14.2. The van der Waals surface area contributed by atoms with Crippen LogP contribution >= 0.6 is 11.6 Å². The molecule has 0 N–H and O–H groups in total. The van der Waals surface area contributed by atoms with Gasteiger partial charge in [-0.1, -0.05) is 23.7 Å². The Bertz CT molecular complexity index is 1190. The Kier molecular flexibility index (Phi) is 4.44. The molecule has 1 amide bonds. The number of benzene rings is 2. The highest BCUT2D eigenvalue weighted by molar-refractivity contribution is 6.30. The van der Waals surface area contributed by atoms with Crippen molar-refractivity contribution < 1.29 is 9.21 Å². The average molecular weight is 406 g/mol. The van der Waals surface area contributed by atoms with Crippen LogP contribution in [0.5, 0.6) is 0 Å². The second-order valence-corrected chi connectivity index (χ2v) is 7.35. The van der Waals surface area contributed by atoms with Crippen molar-refractivity contribution in [2.75, 3.05) is 0 Å². The maximum absolute atomic E-state index is 13.1. The topological polar surface area (TPSA) is 85.0 Å². The van der Waals surface area contributed by atoms with Gasteiger partial charge in [0.1, 0.15) is 5.69 Å². The van der Waals surface area contributed by atoms with Gasteiger partial charge in [0.2, 0.25) is 11.8 Å². The second-order valence-electron chi connectivity index (χ2n) is 6.92. The van der Waals surface area contributed by atoms with Crippen molar-refractivity contribution >= 4 is 28.5 Å². The molecule has 0 radical (unpaired) electrons. The summed E-state index contributed by atoms with van der Waals surface area (Å²) < 4.78 is 5.78. The molecular formula is C21H16ClN5O2. The summed E-state index contributed by atoms with van der Waals surface area (Å²) in [6, 6.07) is 14.8. The lowest BCUT2D eigenvalue weighted by Crippen LogP contribution is -2.33. The molecule has 0 bridgehead atoms. The number of hydrogen-bond donors (Lipinski definition) is 0. The van der Waals surface area contributed by atoms with Gasteiger partial charge < -0.3 is 9.32 Å². The van der Waals surface area contributed by atoms with E-state index < -0.39 is 0 Å². The number of halogens is 1. The molecule has 2 aromatic heterocycles. The zero-order valence-electron chi connectivity index (χ0n) is 15.3. The van der Waals surface area contributed by atoms with E-state index in [2.05, 4.69) is 20.2 Å². The second kappa shape index (κ2) is 7.25. The molecule has 0 unspecified atom stereocenters. The third kappa shape index (κ3) is 3.69. The van der Waals surface area contributed by atoms with Crippen molar-refractivity contribution in [1.29, 1.82) is 0 Å². The fourth-order valence-electron chi connectivity index (χ4n) is 3.13. The number of hydrogen-bond acceptors (Lipinski definition) is 6. The van der Waals surface area contributed by atoms with Gasteiger partial charge in [0.05, 0.1) is 23.8 Å². The minimum Gasteiger partial charge on any atom is -0.419 e. The normalized spacial score (nSPS) is 13.6. The van der Waals surface area contributed by atoms with Crippen LogP contribution in [0.25, 0.3) is 22.5 Å². The number of carbonyl (C=O) groups excluding carboxylic acids is 1. The van der Waals surface area contributed by atoms with E-state index >= 15 is 0 Å². The summed E-state index contributed by atoms with van der Waals surface area (Å²) in [7, 11) is 0. The maximum Gasteiger partial charge on any atom is 0.274 e. The third-order valence-corrected chi connectivity index (χ3v) is 5.03. The van der Waals surface area contributed by atoms with Crippen LogP contribution < -0.4 is 0 Å². The molecule has 0 aliphatic heterocycles. The molecule has 0 atom stereocenters. The average Bonchev–Trinajstić information content (AvgIpc) is 3.49. The highest BCUT2D eigenvalue weighted by Gasteiger charge is 2.35. The Hall–Kier alpha value is -3.32. The van der Waals surface area contributed by atoms with E-state index in [-0.39, 0.29) is 18.5 Å². The monoisotopic (exact) mass is 405 g/mol. The number of rotatable bonds is 5. The number of aromatic nitrogens is 4. The molecule has 0 spiro atoms. The van der Waals surface area contributed by atoms with Gasteiger partial charge in [-0.25, -0.2) is 4.98 Å². The highest BCUT2D eigenvalue weighted by atomic mass is 35.5. The van der Waals surface area contributed by atoms with Gasteiger partial charge in [0.15, 0.2) is 0 Å². The fraction of sp³-hybridized carbons (Fsp3) is 0.190. The Labute approximate surface area is 171 Å². The van der Waals surface area contributed by atoms with Crippen LogP contribution in [0.15, 0.2) is 59.1 Å². The van der Waals surface area contributed by atoms with Crippen LogP contribution in [0.1, 0.15) is 29.2 Å². The number of amides is 1. The summed E-state index contributed by atoms with van der Waals surface area (Å²) in [6.45, 7) is 0.235. The molecule has 2 aromatic carbocycles. The summed E-state index contributed by atoms with van der Waals surface area (Å²) in [6.07, 6.45) is 3.42. The van der Waals surface area contributed by atoms with Gasteiger partial charge in [-0.15, -0.1) is 10.2 Å². The highest BCUT2D eigenvalue weighted by Crippen LogP contribution is 2.30. The van der Waals surface area contributed by atoms with Crippen LogP contribution in [0.2, 0.25) is 5.02 Å². The van der Waals surface area contributed by atoms with Crippen LogP contribution in [0.3, 0.4) is 0 Å². The first kappa shape index (κ1) is 17.8. The summed E-state index contributed by atoms with van der Waals surface area (Å²) in [5, 5.41) is 8.84. The van der Waals surface area contributed by atoms with Crippen LogP contribution in [0.4, 0.5) is 0 Å². The standard InChI is InChI=1S/C21H16ClN5O2/c22-14-7-5-13(6-8-14)20-26-25-19(29-20)12-27(15-9-10-15)21(28)18-11-23-16-3-1-2-4-17(16)24-18/h1-8,11,15H,9-10,12H2. The smallest absolute Gasteiger partial charge is 0.274 e. The van der Waals surface area contributed by atoms with Gasteiger partial charge in [-0.3, -0.25) is 9.78 Å². The number of fused-ring (bicyclic) bond motifs is 1. The van der Waals surface area contributed by atoms with Crippen LogP contribution in [-0.2, 0) is 6.54 Å². The lowest BCUT2D eigenvalue weighted by atomic mass is 10.2. The summed E-state index contributed by atoms with van der Waals surface area (Å²) in [5.41, 5.74) is 2.54. The molecule has 1 saturated carbocycles. The summed E-state index contributed by atoms with van der Waals surface area (Å²) >= 11 is 5.92. The summed E-state index contributed by atoms with van der Waals surface area (Å²) in [4.78, 5) is 23.7. The van der Waals surface area contributed by atoms with Crippen molar-refractivity contribution in [2.45, 2.75) is 25.4 Å². The quantitative estimate of drug-likeness (QED) is 0.496.